The van der Waals surface area contributed by atoms with Crippen molar-refractivity contribution >= 4 is 39.2 Å². The van der Waals surface area contributed by atoms with Crippen LogP contribution in [0.2, 0.25) is 0 Å². The van der Waals surface area contributed by atoms with E-state index < -0.39 is 10.2 Å². The lowest BCUT2D eigenvalue weighted by molar-refractivity contribution is 0.577. The summed E-state index contributed by atoms with van der Waals surface area (Å²) in [7, 11) is -3.60. The number of nitrogens with one attached hydrogen (secondary N) is 2. The van der Waals surface area contributed by atoms with Crippen LogP contribution >= 0.6 is 12.4 Å². The van der Waals surface area contributed by atoms with Crippen LogP contribution in [0.15, 0.2) is 18.3 Å². The molecule has 0 bridgehead atoms. The van der Waals surface area contributed by atoms with Crippen LogP contribution in [0.25, 0.3) is 10.9 Å². The fraction of sp³-hybridized carbons (Fsp3) is 0.389. The van der Waals surface area contributed by atoms with Gasteiger partial charge in [-0.2, -0.15) is 8.42 Å². The zero-order valence-corrected chi connectivity index (χ0v) is 16.6. The lowest BCUT2D eigenvalue weighted by Crippen LogP contribution is -2.31. The lowest BCUT2D eigenvalue weighted by atomic mass is 10.0. The maximum absolute atomic E-state index is 10.8. The molecule has 6 nitrogen and oxygen atoms in total. The maximum atomic E-state index is 10.8. The molecule has 1 aromatic carbocycles. The minimum absolute atomic E-state index is 0. The molecule has 0 fully saturated rings. The Hall–Kier alpha value is -1.85. The van der Waals surface area contributed by atoms with Gasteiger partial charge in [0.05, 0.1) is 16.8 Å². The van der Waals surface area contributed by atoms with Gasteiger partial charge in [-0.25, -0.2) is 9.86 Å². The molecule has 0 radical (unpaired) electrons. The molecule has 0 amide bonds. The molecule has 0 aliphatic rings. The topological polar surface area (TPSA) is 97.1 Å². The largest absolute Gasteiger partial charge is 0.383 e. The van der Waals surface area contributed by atoms with Crippen molar-refractivity contribution in [3.63, 3.8) is 0 Å². The SMILES string of the molecule is C#Cc1cnc2cc(C)c(C)cc2c1NCCCCCNS(N)(=O)=O.Cl. The van der Waals surface area contributed by atoms with Crippen molar-refractivity contribution < 1.29 is 8.42 Å². The van der Waals surface area contributed by atoms with Gasteiger partial charge in [0.25, 0.3) is 10.2 Å². The third-order valence-electron chi connectivity index (χ3n) is 4.10. The zero-order valence-electron chi connectivity index (χ0n) is 15.0. The molecule has 1 heterocycles. The van der Waals surface area contributed by atoms with Gasteiger partial charge in [-0.05, 0) is 49.9 Å². The Labute approximate surface area is 161 Å². The molecule has 0 atom stereocenters. The fourth-order valence-corrected chi connectivity index (χ4v) is 3.04. The Bertz CT molecular complexity index is 908. The highest BCUT2D eigenvalue weighted by Gasteiger charge is 2.09. The number of benzene rings is 1. The number of rotatable bonds is 8. The number of anilines is 1. The molecule has 0 saturated heterocycles. The van der Waals surface area contributed by atoms with Crippen LogP contribution in [0.1, 0.15) is 36.0 Å². The normalized spacial score (nSPS) is 11.0. The Morgan fingerprint density at radius 2 is 1.81 bits per heavy atom. The van der Waals surface area contributed by atoms with E-state index in [1.165, 1.54) is 11.1 Å². The molecule has 1 aromatic heterocycles. The number of halogens is 1. The van der Waals surface area contributed by atoms with Gasteiger partial charge in [-0.1, -0.05) is 12.3 Å². The number of pyridine rings is 1. The molecule has 0 saturated carbocycles. The molecule has 2 rings (SSSR count). The van der Waals surface area contributed by atoms with E-state index in [2.05, 4.69) is 46.9 Å². The van der Waals surface area contributed by atoms with E-state index >= 15 is 0 Å². The molecule has 142 valence electrons. The number of terminal acetylenes is 1. The Morgan fingerprint density at radius 3 is 2.46 bits per heavy atom. The van der Waals surface area contributed by atoms with Crippen molar-refractivity contribution in [3.05, 3.63) is 35.0 Å². The molecular formula is C18H25ClN4O2S. The summed E-state index contributed by atoms with van der Waals surface area (Å²) in [6, 6.07) is 4.17. The average molecular weight is 397 g/mol. The Kier molecular flexibility index (Phi) is 8.31. The predicted octanol–water partition coefficient (Wildman–Crippen LogP) is 2.63. The van der Waals surface area contributed by atoms with Gasteiger partial charge in [-0.3, -0.25) is 4.98 Å². The van der Waals surface area contributed by atoms with E-state index in [9.17, 15) is 8.42 Å². The van der Waals surface area contributed by atoms with Gasteiger partial charge in [0.1, 0.15) is 0 Å². The van der Waals surface area contributed by atoms with E-state index in [4.69, 9.17) is 11.6 Å². The van der Waals surface area contributed by atoms with E-state index in [1.807, 2.05) is 0 Å². The summed E-state index contributed by atoms with van der Waals surface area (Å²) >= 11 is 0. The smallest absolute Gasteiger partial charge is 0.274 e. The minimum Gasteiger partial charge on any atom is -0.383 e. The quantitative estimate of drug-likeness (QED) is 0.472. The maximum Gasteiger partial charge on any atom is 0.274 e. The highest BCUT2D eigenvalue weighted by Crippen LogP contribution is 2.28. The number of nitrogens with zero attached hydrogens (tertiary/aromatic N) is 1. The molecular weight excluding hydrogens is 372 g/mol. The highest BCUT2D eigenvalue weighted by molar-refractivity contribution is 7.87. The van der Waals surface area contributed by atoms with Crippen LogP contribution in [-0.4, -0.2) is 26.5 Å². The first-order valence-corrected chi connectivity index (χ1v) is 9.74. The van der Waals surface area contributed by atoms with Crippen molar-refractivity contribution in [2.45, 2.75) is 33.1 Å². The van der Waals surface area contributed by atoms with Gasteiger partial charge >= 0.3 is 0 Å². The number of aryl methyl sites for hydroxylation is 2. The van der Waals surface area contributed by atoms with Gasteiger partial charge in [0.2, 0.25) is 0 Å². The predicted molar refractivity (Wildman–Crippen MR) is 110 cm³/mol. The van der Waals surface area contributed by atoms with Crippen LogP contribution in [-0.2, 0) is 10.2 Å². The summed E-state index contributed by atoms with van der Waals surface area (Å²) in [5, 5.41) is 9.32. The second-order valence-corrected chi connectivity index (χ2v) is 7.45. The van der Waals surface area contributed by atoms with Crippen LogP contribution in [0.4, 0.5) is 5.69 Å². The van der Waals surface area contributed by atoms with E-state index in [0.29, 0.717) is 6.54 Å². The van der Waals surface area contributed by atoms with Crippen molar-refractivity contribution in [2.75, 3.05) is 18.4 Å². The highest BCUT2D eigenvalue weighted by atomic mass is 35.5. The monoisotopic (exact) mass is 396 g/mol. The van der Waals surface area contributed by atoms with Crippen LogP contribution in [0.5, 0.6) is 0 Å². The van der Waals surface area contributed by atoms with Gasteiger partial charge in [-0.15, -0.1) is 18.8 Å². The summed E-state index contributed by atoms with van der Waals surface area (Å²) < 4.78 is 23.8. The summed E-state index contributed by atoms with van der Waals surface area (Å²) in [5.41, 5.74) is 4.98. The second-order valence-electron chi connectivity index (χ2n) is 6.07. The average Bonchev–Trinajstić information content (AvgIpc) is 2.54. The molecule has 0 aliphatic heterocycles. The Balaban J connectivity index is 0.00000338. The molecule has 2 aromatic rings. The number of hydrogen-bond donors (Lipinski definition) is 3. The third kappa shape index (κ3) is 6.15. The molecule has 4 N–H and O–H groups in total. The second kappa shape index (κ2) is 9.74. The first-order valence-electron chi connectivity index (χ1n) is 8.19. The summed E-state index contributed by atoms with van der Waals surface area (Å²) in [4.78, 5) is 4.45. The molecule has 0 spiro atoms. The third-order valence-corrected chi connectivity index (χ3v) is 4.70. The number of unbranched alkanes of at least 4 members (excludes halogenated alkanes) is 2. The standard InChI is InChI=1S/C18H24N4O2S.ClH/c1-4-15-12-21-17-11-14(3)13(2)10-16(17)18(15)20-8-6-5-7-9-22-25(19,23)24;/h1,10-12,22H,5-9H2,2-3H3,(H,20,21)(H2,19,23,24);1H. The minimum atomic E-state index is -3.60. The van der Waals surface area contributed by atoms with Crippen molar-refractivity contribution in [1.29, 1.82) is 0 Å². The fourth-order valence-electron chi connectivity index (χ4n) is 2.61. The van der Waals surface area contributed by atoms with Gasteiger partial charge in [0.15, 0.2) is 0 Å². The van der Waals surface area contributed by atoms with Crippen LogP contribution < -0.4 is 15.2 Å². The van der Waals surface area contributed by atoms with Crippen molar-refractivity contribution in [3.8, 4) is 12.3 Å². The molecule has 8 heteroatoms. The molecule has 0 aliphatic carbocycles. The van der Waals surface area contributed by atoms with Crippen molar-refractivity contribution in [1.82, 2.24) is 9.71 Å². The van der Waals surface area contributed by atoms with E-state index in [1.54, 1.807) is 6.20 Å². The Morgan fingerprint density at radius 1 is 1.15 bits per heavy atom. The van der Waals surface area contributed by atoms with Gasteiger partial charge in [0, 0.05) is 24.7 Å². The van der Waals surface area contributed by atoms with E-state index in [0.717, 1.165) is 48.0 Å². The first kappa shape index (κ1) is 22.2. The molecule has 0 unspecified atom stereocenters. The first-order chi connectivity index (χ1) is 11.8. The van der Waals surface area contributed by atoms with E-state index in [-0.39, 0.29) is 12.4 Å². The summed E-state index contributed by atoms with van der Waals surface area (Å²) in [6.45, 7) is 5.23. The van der Waals surface area contributed by atoms with Gasteiger partial charge < -0.3 is 5.32 Å². The number of fused-ring (bicyclic) bond motifs is 1. The van der Waals surface area contributed by atoms with Crippen LogP contribution in [0, 0.1) is 26.2 Å². The summed E-state index contributed by atoms with van der Waals surface area (Å²) in [6.07, 6.45) is 9.83. The lowest BCUT2D eigenvalue weighted by Gasteiger charge is -2.13. The zero-order chi connectivity index (χ0) is 18.4. The number of hydrogen-bond acceptors (Lipinski definition) is 4. The summed E-state index contributed by atoms with van der Waals surface area (Å²) in [5.74, 6) is 2.68. The molecule has 26 heavy (non-hydrogen) atoms. The van der Waals surface area contributed by atoms with Crippen molar-refractivity contribution in [2.24, 2.45) is 5.14 Å². The van der Waals surface area contributed by atoms with Crippen LogP contribution in [0.3, 0.4) is 0 Å². The number of aromatic nitrogens is 1. The number of nitrogens with two attached hydrogens (primary N) is 1.